The van der Waals surface area contributed by atoms with E-state index in [9.17, 15) is 4.79 Å². The molecule has 0 aromatic heterocycles. The Morgan fingerprint density at radius 3 is 2.58 bits per heavy atom. The van der Waals surface area contributed by atoms with Crippen molar-refractivity contribution in [2.75, 3.05) is 0 Å². The largest absolute Gasteiger partial charge is 0.457 e. The van der Waals surface area contributed by atoms with Gasteiger partial charge in [0.25, 0.3) is 0 Å². The summed E-state index contributed by atoms with van der Waals surface area (Å²) < 4.78 is 5.13. The van der Waals surface area contributed by atoms with Crippen LogP contribution in [0.4, 0.5) is 0 Å². The molecule has 0 N–H and O–H groups in total. The van der Waals surface area contributed by atoms with Gasteiger partial charge < -0.3 is 4.74 Å². The second-order valence-electron chi connectivity index (χ2n) is 3.49. The minimum absolute atomic E-state index is 0.337. The highest BCUT2D eigenvalue weighted by atomic mass is 16.6. The van der Waals surface area contributed by atoms with Crippen molar-refractivity contribution in [3.63, 3.8) is 0 Å². The van der Waals surface area contributed by atoms with Crippen LogP contribution in [-0.2, 0) is 9.53 Å². The van der Waals surface area contributed by atoms with E-state index in [1.165, 1.54) is 6.08 Å². The van der Waals surface area contributed by atoms with Crippen LogP contribution in [0.15, 0.2) is 12.7 Å². The first-order valence-electron chi connectivity index (χ1n) is 4.37. The number of unbranched alkanes of at least 4 members (excludes halogenated alkanes) is 1. The van der Waals surface area contributed by atoms with Crippen molar-refractivity contribution in [2.24, 2.45) is 0 Å². The molecule has 0 atom stereocenters. The fraction of sp³-hybridized carbons (Fsp3) is 0.700. The van der Waals surface area contributed by atoms with Crippen LogP contribution < -0.4 is 0 Å². The summed E-state index contributed by atoms with van der Waals surface area (Å²) in [6.45, 7) is 9.31. The number of hydrogen-bond donors (Lipinski definition) is 0. The predicted octanol–water partition coefficient (Wildman–Crippen LogP) is 2.68. The first kappa shape index (κ1) is 11.2. The molecule has 0 aromatic rings. The molecule has 0 aliphatic heterocycles. The van der Waals surface area contributed by atoms with Crippen molar-refractivity contribution in [3.05, 3.63) is 12.7 Å². The van der Waals surface area contributed by atoms with Gasteiger partial charge in [0.15, 0.2) is 0 Å². The standard InChI is InChI=1S/C10H18O2/c1-5-7-8-10(3,4)12-9(11)6-2/h6H,2,5,7-8H2,1,3-4H3. The Balaban J connectivity index is 3.85. The molecule has 2 nitrogen and oxygen atoms in total. The van der Waals surface area contributed by atoms with Gasteiger partial charge in [0, 0.05) is 6.08 Å². The maximum atomic E-state index is 10.9. The van der Waals surface area contributed by atoms with Crippen molar-refractivity contribution in [2.45, 2.75) is 45.6 Å². The fourth-order valence-corrected chi connectivity index (χ4v) is 0.968. The summed E-state index contributed by atoms with van der Waals surface area (Å²) in [6, 6.07) is 0. The maximum Gasteiger partial charge on any atom is 0.330 e. The molecule has 0 aromatic carbocycles. The lowest BCUT2D eigenvalue weighted by atomic mass is 10.0. The van der Waals surface area contributed by atoms with Gasteiger partial charge in [-0.1, -0.05) is 19.9 Å². The number of carbonyl (C=O) groups is 1. The Bertz CT molecular complexity index is 159. The third-order valence-corrected chi connectivity index (χ3v) is 1.68. The molecule has 12 heavy (non-hydrogen) atoms. The van der Waals surface area contributed by atoms with Gasteiger partial charge in [0.2, 0.25) is 0 Å². The average molecular weight is 170 g/mol. The Hall–Kier alpha value is -0.790. The van der Waals surface area contributed by atoms with Crippen molar-refractivity contribution in [1.29, 1.82) is 0 Å². The molecule has 0 radical (unpaired) electrons. The van der Waals surface area contributed by atoms with E-state index in [1.807, 2.05) is 13.8 Å². The first-order chi connectivity index (χ1) is 5.52. The van der Waals surface area contributed by atoms with E-state index in [1.54, 1.807) is 0 Å². The Labute approximate surface area is 74.6 Å². The highest BCUT2D eigenvalue weighted by molar-refractivity contribution is 5.81. The molecule has 2 heteroatoms. The van der Waals surface area contributed by atoms with Crippen LogP contribution in [0.5, 0.6) is 0 Å². The van der Waals surface area contributed by atoms with Gasteiger partial charge in [-0.3, -0.25) is 0 Å². The second kappa shape index (κ2) is 4.96. The molecular formula is C10H18O2. The van der Waals surface area contributed by atoms with Crippen LogP contribution in [0.1, 0.15) is 40.0 Å². The Kier molecular flexibility index (Phi) is 4.64. The molecule has 0 amide bonds. The van der Waals surface area contributed by atoms with Crippen molar-refractivity contribution in [1.82, 2.24) is 0 Å². The molecule has 0 heterocycles. The number of carbonyl (C=O) groups excluding carboxylic acids is 1. The number of ether oxygens (including phenoxy) is 1. The zero-order valence-corrected chi connectivity index (χ0v) is 8.22. The van der Waals surface area contributed by atoms with Crippen molar-refractivity contribution in [3.8, 4) is 0 Å². The van der Waals surface area contributed by atoms with Crippen LogP contribution in [0.2, 0.25) is 0 Å². The highest BCUT2D eigenvalue weighted by Crippen LogP contribution is 2.17. The van der Waals surface area contributed by atoms with Crippen molar-refractivity contribution < 1.29 is 9.53 Å². The molecule has 0 aliphatic carbocycles. The Morgan fingerprint density at radius 2 is 2.17 bits per heavy atom. The van der Waals surface area contributed by atoms with Crippen LogP contribution >= 0.6 is 0 Å². The first-order valence-corrected chi connectivity index (χ1v) is 4.37. The average Bonchev–Trinajstić information content (AvgIpc) is 2.00. The summed E-state index contributed by atoms with van der Waals surface area (Å²) in [4.78, 5) is 10.9. The van der Waals surface area contributed by atoms with Crippen LogP contribution in [0, 0.1) is 0 Å². The molecule has 70 valence electrons. The van der Waals surface area contributed by atoms with E-state index < -0.39 is 0 Å². The van der Waals surface area contributed by atoms with Gasteiger partial charge in [-0.2, -0.15) is 0 Å². The summed E-state index contributed by atoms with van der Waals surface area (Å²) in [5.74, 6) is -0.337. The predicted molar refractivity (Wildman–Crippen MR) is 49.9 cm³/mol. The normalized spacial score (nSPS) is 10.9. The van der Waals surface area contributed by atoms with Gasteiger partial charge >= 0.3 is 5.97 Å². The van der Waals surface area contributed by atoms with Gasteiger partial charge in [0.1, 0.15) is 5.60 Å². The Morgan fingerprint density at radius 1 is 1.58 bits per heavy atom. The van der Waals surface area contributed by atoms with Gasteiger partial charge in [0.05, 0.1) is 0 Å². The van der Waals surface area contributed by atoms with E-state index in [0.29, 0.717) is 0 Å². The van der Waals surface area contributed by atoms with E-state index >= 15 is 0 Å². The third-order valence-electron chi connectivity index (χ3n) is 1.68. The molecule has 0 rings (SSSR count). The van der Waals surface area contributed by atoms with Crippen LogP contribution in [-0.4, -0.2) is 11.6 Å². The lowest BCUT2D eigenvalue weighted by Gasteiger charge is -2.23. The molecular weight excluding hydrogens is 152 g/mol. The summed E-state index contributed by atoms with van der Waals surface area (Å²) >= 11 is 0. The van der Waals surface area contributed by atoms with Crippen LogP contribution in [0.3, 0.4) is 0 Å². The summed E-state index contributed by atoms with van der Waals surface area (Å²) in [6.07, 6.45) is 4.31. The molecule has 0 fully saturated rings. The zero-order valence-electron chi connectivity index (χ0n) is 8.22. The smallest absolute Gasteiger partial charge is 0.330 e. The van der Waals surface area contributed by atoms with E-state index in [0.717, 1.165) is 19.3 Å². The summed E-state index contributed by atoms with van der Waals surface area (Å²) in [7, 11) is 0. The number of hydrogen-bond acceptors (Lipinski definition) is 2. The molecule has 0 unspecified atom stereocenters. The summed E-state index contributed by atoms with van der Waals surface area (Å²) in [5.41, 5.74) is -0.346. The molecule has 0 saturated carbocycles. The molecule has 0 saturated heterocycles. The fourth-order valence-electron chi connectivity index (χ4n) is 0.968. The SMILES string of the molecule is C=CC(=O)OC(C)(C)CCCC. The molecule has 0 bridgehead atoms. The zero-order chi connectivity index (χ0) is 9.61. The van der Waals surface area contributed by atoms with E-state index in [-0.39, 0.29) is 11.6 Å². The highest BCUT2D eigenvalue weighted by Gasteiger charge is 2.20. The van der Waals surface area contributed by atoms with Gasteiger partial charge in [-0.15, -0.1) is 0 Å². The monoisotopic (exact) mass is 170 g/mol. The lowest BCUT2D eigenvalue weighted by molar-refractivity contribution is -0.150. The topological polar surface area (TPSA) is 26.3 Å². The maximum absolute atomic E-state index is 10.9. The van der Waals surface area contributed by atoms with Crippen molar-refractivity contribution >= 4 is 5.97 Å². The third kappa shape index (κ3) is 4.94. The van der Waals surface area contributed by atoms with E-state index in [4.69, 9.17) is 4.74 Å². The number of esters is 1. The molecule has 0 aliphatic rings. The second-order valence-corrected chi connectivity index (χ2v) is 3.49. The van der Waals surface area contributed by atoms with Crippen LogP contribution in [0.25, 0.3) is 0 Å². The minimum Gasteiger partial charge on any atom is -0.457 e. The van der Waals surface area contributed by atoms with Gasteiger partial charge in [-0.05, 0) is 26.7 Å². The summed E-state index contributed by atoms with van der Waals surface area (Å²) in [5, 5.41) is 0. The quantitative estimate of drug-likeness (QED) is 0.468. The lowest BCUT2D eigenvalue weighted by Crippen LogP contribution is -2.26. The number of rotatable bonds is 5. The minimum atomic E-state index is -0.346. The van der Waals surface area contributed by atoms with Gasteiger partial charge in [-0.25, -0.2) is 4.79 Å². The molecule has 0 spiro atoms. The van der Waals surface area contributed by atoms with E-state index in [2.05, 4.69) is 13.5 Å².